The summed E-state index contributed by atoms with van der Waals surface area (Å²) in [5, 5.41) is 82.0. The standard InChI is InChI=1S/C26H51NO11/c1-2-3-4-5-6-7-8-9-10-11-12-13-14-27-25(36)22(34)21(33)24(17(30)15-28)38-26-23(35)20(32)19(31)18(16-29)37-26/h17-24,26,28-35H,2-16H2,1H3,(H,27,36)/t17-,18?,19-,20+,21-,22-,23?,24-,26-/m1/s1. The molecule has 12 nitrogen and oxygen atoms in total. The van der Waals surface area contributed by atoms with Gasteiger partial charge in [-0.3, -0.25) is 4.79 Å². The highest BCUT2D eigenvalue weighted by molar-refractivity contribution is 5.81. The fourth-order valence-electron chi connectivity index (χ4n) is 4.45. The van der Waals surface area contributed by atoms with Crippen LogP contribution in [0.2, 0.25) is 0 Å². The van der Waals surface area contributed by atoms with Crippen LogP contribution in [0.3, 0.4) is 0 Å². The van der Waals surface area contributed by atoms with Crippen LogP contribution in [0.5, 0.6) is 0 Å². The lowest BCUT2D eigenvalue weighted by molar-refractivity contribution is -0.326. The second kappa shape index (κ2) is 20.0. The molecule has 9 atom stereocenters. The molecule has 2 unspecified atom stereocenters. The SMILES string of the molecule is CCCCCCCCCCCCCCNC(=O)[C@H](O)[C@@H](O)[C@H](O[C@H]1OC(CO)[C@@H](O)[C@H](O)C1O)[C@H](O)CO. The number of aliphatic hydroxyl groups is 8. The van der Waals surface area contributed by atoms with E-state index in [1.807, 2.05) is 0 Å². The molecule has 38 heavy (non-hydrogen) atoms. The van der Waals surface area contributed by atoms with E-state index in [4.69, 9.17) is 9.47 Å². The molecular weight excluding hydrogens is 502 g/mol. The number of hydrogen-bond acceptors (Lipinski definition) is 11. The van der Waals surface area contributed by atoms with Crippen LogP contribution >= 0.6 is 0 Å². The predicted octanol–water partition coefficient (Wildman–Crippen LogP) is -0.936. The topological polar surface area (TPSA) is 209 Å². The largest absolute Gasteiger partial charge is 0.394 e. The first-order valence-corrected chi connectivity index (χ1v) is 14.1. The number of nitrogens with one attached hydrogen (secondary N) is 1. The van der Waals surface area contributed by atoms with Crippen molar-refractivity contribution in [2.45, 2.75) is 139 Å². The van der Waals surface area contributed by atoms with Crippen molar-refractivity contribution in [3.05, 3.63) is 0 Å². The Morgan fingerprint density at radius 1 is 0.816 bits per heavy atom. The lowest BCUT2D eigenvalue weighted by atomic mass is 9.98. The van der Waals surface area contributed by atoms with Gasteiger partial charge in [0.15, 0.2) is 12.4 Å². The summed E-state index contributed by atoms with van der Waals surface area (Å²) in [7, 11) is 0. The van der Waals surface area contributed by atoms with Crippen molar-refractivity contribution in [1.82, 2.24) is 5.32 Å². The number of carbonyl (C=O) groups excluding carboxylic acids is 1. The molecule has 1 amide bonds. The number of hydrogen-bond donors (Lipinski definition) is 9. The van der Waals surface area contributed by atoms with E-state index in [0.717, 1.165) is 19.3 Å². The molecule has 1 aliphatic rings. The molecule has 0 aromatic rings. The number of carbonyl (C=O) groups is 1. The van der Waals surface area contributed by atoms with E-state index in [2.05, 4.69) is 12.2 Å². The van der Waals surface area contributed by atoms with E-state index in [-0.39, 0.29) is 6.54 Å². The van der Waals surface area contributed by atoms with E-state index < -0.39 is 74.2 Å². The van der Waals surface area contributed by atoms with Crippen LogP contribution in [0.25, 0.3) is 0 Å². The summed E-state index contributed by atoms with van der Waals surface area (Å²) in [6.07, 6.45) is -2.07. The highest BCUT2D eigenvalue weighted by Crippen LogP contribution is 2.25. The summed E-state index contributed by atoms with van der Waals surface area (Å²) in [4.78, 5) is 12.3. The van der Waals surface area contributed by atoms with Crippen LogP contribution in [0.4, 0.5) is 0 Å². The van der Waals surface area contributed by atoms with Gasteiger partial charge in [-0.05, 0) is 6.42 Å². The van der Waals surface area contributed by atoms with Crippen LogP contribution in [-0.2, 0) is 14.3 Å². The first kappa shape index (κ1) is 35.1. The number of ether oxygens (including phenoxy) is 2. The molecule has 0 spiro atoms. The lowest BCUT2D eigenvalue weighted by Gasteiger charge is -2.42. The zero-order chi connectivity index (χ0) is 28.5. The molecule has 0 saturated carbocycles. The molecule has 9 N–H and O–H groups in total. The third kappa shape index (κ3) is 12.1. The molecule has 0 bridgehead atoms. The van der Waals surface area contributed by atoms with E-state index >= 15 is 0 Å². The zero-order valence-electron chi connectivity index (χ0n) is 22.6. The second-order valence-electron chi connectivity index (χ2n) is 10.2. The van der Waals surface area contributed by atoms with Gasteiger partial charge in [-0.1, -0.05) is 77.6 Å². The molecule has 1 aliphatic heterocycles. The number of aliphatic hydroxyl groups excluding tert-OH is 8. The minimum absolute atomic E-state index is 0.279. The van der Waals surface area contributed by atoms with Gasteiger partial charge in [-0.25, -0.2) is 0 Å². The van der Waals surface area contributed by atoms with E-state index in [9.17, 15) is 45.6 Å². The maximum atomic E-state index is 12.3. The Bertz CT molecular complexity index is 612. The molecule has 1 rings (SSSR count). The van der Waals surface area contributed by atoms with Gasteiger partial charge in [-0.2, -0.15) is 0 Å². The molecular formula is C26H51NO11. The Kier molecular flexibility index (Phi) is 18.5. The monoisotopic (exact) mass is 553 g/mol. The lowest BCUT2D eigenvalue weighted by Crippen LogP contribution is -2.62. The third-order valence-corrected chi connectivity index (χ3v) is 6.96. The summed E-state index contributed by atoms with van der Waals surface area (Å²) in [5.74, 6) is -0.909. The van der Waals surface area contributed by atoms with Crippen LogP contribution in [0, 0.1) is 0 Å². The van der Waals surface area contributed by atoms with Crippen molar-refractivity contribution >= 4 is 5.91 Å². The molecule has 0 aliphatic carbocycles. The van der Waals surface area contributed by atoms with Crippen LogP contribution in [0.1, 0.15) is 84.0 Å². The molecule has 12 heteroatoms. The summed E-state index contributed by atoms with van der Waals surface area (Å²) in [6.45, 7) is 0.834. The summed E-state index contributed by atoms with van der Waals surface area (Å²) in [5.41, 5.74) is 0. The van der Waals surface area contributed by atoms with Gasteiger partial charge in [0, 0.05) is 6.54 Å². The van der Waals surface area contributed by atoms with E-state index in [1.54, 1.807) is 0 Å². The minimum Gasteiger partial charge on any atom is -0.394 e. The van der Waals surface area contributed by atoms with Crippen LogP contribution in [-0.4, -0.2) is 122 Å². The Morgan fingerprint density at radius 3 is 1.84 bits per heavy atom. The number of unbranched alkanes of at least 4 members (excludes halogenated alkanes) is 11. The molecule has 226 valence electrons. The number of rotatable bonds is 21. The Hall–Kier alpha value is -0.930. The molecule has 1 heterocycles. The van der Waals surface area contributed by atoms with Crippen molar-refractivity contribution in [3.8, 4) is 0 Å². The normalized spacial score (nSPS) is 27.0. The fraction of sp³-hybridized carbons (Fsp3) is 0.962. The van der Waals surface area contributed by atoms with Crippen molar-refractivity contribution in [3.63, 3.8) is 0 Å². The van der Waals surface area contributed by atoms with Gasteiger partial charge >= 0.3 is 0 Å². The zero-order valence-corrected chi connectivity index (χ0v) is 22.6. The number of amides is 1. The first-order chi connectivity index (χ1) is 18.2. The second-order valence-corrected chi connectivity index (χ2v) is 10.2. The molecule has 0 aromatic heterocycles. The maximum Gasteiger partial charge on any atom is 0.251 e. The first-order valence-electron chi connectivity index (χ1n) is 14.1. The smallest absolute Gasteiger partial charge is 0.251 e. The fourth-order valence-corrected chi connectivity index (χ4v) is 4.45. The summed E-state index contributed by atoms with van der Waals surface area (Å²) in [6, 6.07) is 0. The van der Waals surface area contributed by atoms with Gasteiger partial charge < -0.3 is 55.6 Å². The van der Waals surface area contributed by atoms with Gasteiger partial charge in [0.2, 0.25) is 0 Å². The van der Waals surface area contributed by atoms with Gasteiger partial charge in [0.1, 0.15) is 42.7 Å². The van der Waals surface area contributed by atoms with Crippen molar-refractivity contribution in [2.24, 2.45) is 0 Å². The van der Waals surface area contributed by atoms with Crippen molar-refractivity contribution < 1.29 is 55.1 Å². The molecule has 1 saturated heterocycles. The third-order valence-electron chi connectivity index (χ3n) is 6.96. The van der Waals surface area contributed by atoms with E-state index in [0.29, 0.717) is 6.42 Å². The Morgan fingerprint density at radius 2 is 1.34 bits per heavy atom. The van der Waals surface area contributed by atoms with Crippen LogP contribution < -0.4 is 5.32 Å². The highest BCUT2D eigenvalue weighted by atomic mass is 16.7. The average Bonchev–Trinajstić information content (AvgIpc) is 2.92. The Labute approximate surface area is 225 Å². The molecule has 1 fully saturated rings. The van der Waals surface area contributed by atoms with Gasteiger partial charge in [0.05, 0.1) is 13.2 Å². The maximum absolute atomic E-state index is 12.3. The predicted molar refractivity (Wildman–Crippen MR) is 138 cm³/mol. The summed E-state index contributed by atoms with van der Waals surface area (Å²) < 4.78 is 10.5. The average molecular weight is 554 g/mol. The van der Waals surface area contributed by atoms with Crippen molar-refractivity contribution in [1.29, 1.82) is 0 Å². The highest BCUT2D eigenvalue weighted by Gasteiger charge is 2.47. The van der Waals surface area contributed by atoms with Crippen molar-refractivity contribution in [2.75, 3.05) is 19.8 Å². The summed E-state index contributed by atoms with van der Waals surface area (Å²) >= 11 is 0. The van der Waals surface area contributed by atoms with Gasteiger partial charge in [0.25, 0.3) is 5.91 Å². The van der Waals surface area contributed by atoms with Gasteiger partial charge in [-0.15, -0.1) is 0 Å². The molecule has 0 radical (unpaired) electrons. The Balaban J connectivity index is 2.40. The minimum atomic E-state index is -2.04. The van der Waals surface area contributed by atoms with Crippen LogP contribution in [0.15, 0.2) is 0 Å². The van der Waals surface area contributed by atoms with E-state index in [1.165, 1.54) is 51.4 Å². The molecule has 0 aromatic carbocycles. The quantitative estimate of drug-likeness (QED) is 0.0792.